The lowest BCUT2D eigenvalue weighted by Crippen LogP contribution is -2.30. The number of hydrogen-bond acceptors (Lipinski definition) is 5. The van der Waals surface area contributed by atoms with Gasteiger partial charge in [0.25, 0.3) is 5.91 Å². The van der Waals surface area contributed by atoms with Gasteiger partial charge in [0, 0.05) is 24.8 Å². The van der Waals surface area contributed by atoms with Crippen LogP contribution in [0.4, 0.5) is 19.0 Å². The van der Waals surface area contributed by atoms with E-state index in [2.05, 4.69) is 25.7 Å². The Hall–Kier alpha value is -3.43. The van der Waals surface area contributed by atoms with Gasteiger partial charge < -0.3 is 10.6 Å². The molecule has 0 aliphatic heterocycles. The lowest BCUT2D eigenvalue weighted by Gasteiger charge is -2.11. The fourth-order valence-corrected chi connectivity index (χ4v) is 2.77. The number of nitrogens with zero attached hydrogens (tertiary/aromatic N) is 4. The molecule has 2 aromatic heterocycles. The molecule has 0 radical (unpaired) electrons. The van der Waals surface area contributed by atoms with E-state index in [4.69, 9.17) is 0 Å². The van der Waals surface area contributed by atoms with Crippen molar-refractivity contribution in [1.82, 2.24) is 25.1 Å². The van der Waals surface area contributed by atoms with Crippen LogP contribution >= 0.6 is 0 Å². The first-order valence-corrected chi connectivity index (χ1v) is 8.81. The molecule has 2 N–H and O–H groups in total. The first-order valence-electron chi connectivity index (χ1n) is 8.81. The third-order valence-electron chi connectivity index (χ3n) is 4.05. The van der Waals surface area contributed by atoms with E-state index in [1.54, 1.807) is 17.7 Å². The molecule has 29 heavy (non-hydrogen) atoms. The van der Waals surface area contributed by atoms with Crippen LogP contribution in [-0.4, -0.2) is 38.7 Å². The van der Waals surface area contributed by atoms with E-state index in [0.29, 0.717) is 23.5 Å². The van der Waals surface area contributed by atoms with Crippen molar-refractivity contribution in [1.29, 1.82) is 0 Å². The molecule has 0 bridgehead atoms. The van der Waals surface area contributed by atoms with Crippen LogP contribution in [-0.2, 0) is 0 Å². The van der Waals surface area contributed by atoms with Crippen molar-refractivity contribution in [3.05, 3.63) is 64.5 Å². The third kappa shape index (κ3) is 4.53. The summed E-state index contributed by atoms with van der Waals surface area (Å²) < 4.78 is 41.6. The monoisotopic (exact) mass is 404 g/mol. The van der Waals surface area contributed by atoms with Crippen LogP contribution in [0, 0.1) is 38.2 Å². The quantitative estimate of drug-likeness (QED) is 0.488. The van der Waals surface area contributed by atoms with E-state index in [0.717, 1.165) is 17.5 Å². The van der Waals surface area contributed by atoms with Gasteiger partial charge >= 0.3 is 0 Å². The summed E-state index contributed by atoms with van der Waals surface area (Å²) in [5, 5.41) is 9.85. The number of benzene rings is 1. The summed E-state index contributed by atoms with van der Waals surface area (Å²) >= 11 is 0. The largest absolute Gasteiger partial charge is 0.368 e. The Morgan fingerprint density at radius 2 is 1.79 bits per heavy atom. The maximum absolute atomic E-state index is 13.7. The number of rotatable bonds is 6. The van der Waals surface area contributed by atoms with Crippen LogP contribution < -0.4 is 10.6 Å². The summed E-state index contributed by atoms with van der Waals surface area (Å²) in [4.78, 5) is 20.6. The second kappa shape index (κ2) is 8.29. The van der Waals surface area contributed by atoms with E-state index in [1.165, 1.54) is 0 Å². The van der Waals surface area contributed by atoms with Gasteiger partial charge in [-0.1, -0.05) is 0 Å². The second-order valence-electron chi connectivity index (χ2n) is 6.40. The molecule has 0 fully saturated rings. The summed E-state index contributed by atoms with van der Waals surface area (Å²) in [6.07, 6.45) is 0. The Kier molecular flexibility index (Phi) is 5.81. The first-order chi connectivity index (χ1) is 13.8. The van der Waals surface area contributed by atoms with Crippen LogP contribution in [0.25, 0.3) is 5.82 Å². The van der Waals surface area contributed by atoms with Gasteiger partial charge in [-0.2, -0.15) is 5.10 Å². The number of aryl methyl sites for hydroxylation is 3. The Morgan fingerprint density at radius 3 is 2.48 bits per heavy atom. The second-order valence-corrected chi connectivity index (χ2v) is 6.40. The molecule has 1 amide bonds. The summed E-state index contributed by atoms with van der Waals surface area (Å²) in [7, 11) is 0. The predicted octanol–water partition coefficient (Wildman–Crippen LogP) is 2.85. The molecule has 3 aromatic rings. The number of hydrogen-bond donors (Lipinski definition) is 2. The zero-order valence-corrected chi connectivity index (χ0v) is 16.1. The van der Waals surface area contributed by atoms with Gasteiger partial charge in [-0.15, -0.1) is 0 Å². The number of carbonyl (C=O) groups excluding carboxylic acids is 1. The smallest absolute Gasteiger partial charge is 0.254 e. The molecule has 10 heteroatoms. The first kappa shape index (κ1) is 20.3. The molecule has 0 unspecified atom stereocenters. The normalized spacial score (nSPS) is 10.8. The maximum Gasteiger partial charge on any atom is 0.254 e. The highest BCUT2D eigenvalue weighted by atomic mass is 19.2. The molecular weight excluding hydrogens is 385 g/mol. The number of halogens is 3. The summed E-state index contributed by atoms with van der Waals surface area (Å²) in [6.45, 7) is 5.92. The van der Waals surface area contributed by atoms with Crippen molar-refractivity contribution >= 4 is 11.7 Å². The standard InChI is InChI=1S/C19H19F3N6O/c1-10-8-11(2)28(27-10)16-9-15(25-12(3)26-16)23-6-7-24-19(29)13-4-5-14(20)18(22)17(13)21/h4-5,8-9H,6-7H2,1-3H3,(H,24,29)(H,23,25,26). The molecule has 0 atom stereocenters. The molecule has 0 aliphatic rings. The van der Waals surface area contributed by atoms with Gasteiger partial charge in [0.05, 0.1) is 11.3 Å². The Labute approximate surface area is 165 Å². The van der Waals surface area contributed by atoms with Crippen molar-refractivity contribution in [3.8, 4) is 5.82 Å². The summed E-state index contributed by atoms with van der Waals surface area (Å²) in [6, 6.07) is 5.24. The van der Waals surface area contributed by atoms with E-state index in [1.807, 2.05) is 19.9 Å². The minimum Gasteiger partial charge on any atom is -0.368 e. The third-order valence-corrected chi connectivity index (χ3v) is 4.05. The van der Waals surface area contributed by atoms with E-state index >= 15 is 0 Å². The Morgan fingerprint density at radius 1 is 1.03 bits per heavy atom. The highest BCUT2D eigenvalue weighted by Gasteiger charge is 2.18. The average Bonchev–Trinajstić information content (AvgIpc) is 3.01. The van der Waals surface area contributed by atoms with Gasteiger partial charge in [-0.3, -0.25) is 4.79 Å². The van der Waals surface area contributed by atoms with Crippen molar-refractivity contribution in [2.24, 2.45) is 0 Å². The zero-order valence-electron chi connectivity index (χ0n) is 16.1. The van der Waals surface area contributed by atoms with E-state index < -0.39 is 28.9 Å². The van der Waals surface area contributed by atoms with E-state index in [-0.39, 0.29) is 13.1 Å². The summed E-state index contributed by atoms with van der Waals surface area (Å²) in [5.41, 5.74) is 1.22. The predicted molar refractivity (Wildman–Crippen MR) is 101 cm³/mol. The molecule has 0 saturated heterocycles. The molecular formula is C19H19F3N6O. The van der Waals surface area contributed by atoms with Crippen LogP contribution in [0.15, 0.2) is 24.3 Å². The molecule has 3 rings (SSSR count). The lowest BCUT2D eigenvalue weighted by atomic mass is 10.2. The van der Waals surface area contributed by atoms with Crippen LogP contribution in [0.5, 0.6) is 0 Å². The van der Waals surface area contributed by atoms with Gasteiger partial charge in [0.1, 0.15) is 11.6 Å². The minimum absolute atomic E-state index is 0.107. The van der Waals surface area contributed by atoms with Crippen LogP contribution in [0.1, 0.15) is 27.6 Å². The fraction of sp³-hybridized carbons (Fsp3) is 0.263. The van der Waals surface area contributed by atoms with Crippen molar-refractivity contribution < 1.29 is 18.0 Å². The zero-order chi connectivity index (χ0) is 21.1. The van der Waals surface area contributed by atoms with Crippen LogP contribution in [0.3, 0.4) is 0 Å². The minimum atomic E-state index is -1.68. The molecule has 7 nitrogen and oxygen atoms in total. The van der Waals surface area contributed by atoms with Gasteiger partial charge in [-0.25, -0.2) is 27.8 Å². The molecule has 152 valence electrons. The van der Waals surface area contributed by atoms with Crippen LogP contribution in [0.2, 0.25) is 0 Å². The Balaban J connectivity index is 1.62. The highest BCUT2D eigenvalue weighted by Crippen LogP contribution is 2.15. The highest BCUT2D eigenvalue weighted by molar-refractivity contribution is 5.94. The average molecular weight is 404 g/mol. The Bertz CT molecular complexity index is 1070. The van der Waals surface area contributed by atoms with Crippen molar-refractivity contribution in [2.75, 3.05) is 18.4 Å². The molecule has 0 spiro atoms. The van der Waals surface area contributed by atoms with Crippen molar-refractivity contribution in [2.45, 2.75) is 20.8 Å². The number of anilines is 1. The number of carbonyl (C=O) groups is 1. The van der Waals surface area contributed by atoms with Gasteiger partial charge in [-0.05, 0) is 39.0 Å². The fourth-order valence-electron chi connectivity index (χ4n) is 2.77. The van der Waals surface area contributed by atoms with Crippen molar-refractivity contribution in [3.63, 3.8) is 0 Å². The summed E-state index contributed by atoms with van der Waals surface area (Å²) in [5.74, 6) is -3.73. The maximum atomic E-state index is 13.7. The number of aromatic nitrogens is 4. The SMILES string of the molecule is Cc1cc(C)n(-c2cc(NCCNC(=O)c3ccc(F)c(F)c3F)nc(C)n2)n1. The molecule has 1 aromatic carbocycles. The topological polar surface area (TPSA) is 84.7 Å². The molecule has 2 heterocycles. The van der Waals surface area contributed by atoms with Gasteiger partial charge in [0.15, 0.2) is 23.3 Å². The van der Waals surface area contributed by atoms with Gasteiger partial charge in [0.2, 0.25) is 0 Å². The van der Waals surface area contributed by atoms with E-state index in [9.17, 15) is 18.0 Å². The molecule has 0 saturated carbocycles. The number of amides is 1. The lowest BCUT2D eigenvalue weighted by molar-refractivity contribution is 0.0950. The molecule has 0 aliphatic carbocycles. The number of nitrogens with one attached hydrogen (secondary N) is 2.